The summed E-state index contributed by atoms with van der Waals surface area (Å²) in [5.74, 6) is 0.289. The van der Waals surface area contributed by atoms with Gasteiger partial charge in [-0.05, 0) is 17.7 Å². The van der Waals surface area contributed by atoms with Crippen LogP contribution in [0.2, 0.25) is 0 Å². The van der Waals surface area contributed by atoms with Gasteiger partial charge in [0, 0.05) is 20.6 Å². The van der Waals surface area contributed by atoms with Crippen molar-refractivity contribution in [3.8, 4) is 5.75 Å². The number of benzene rings is 1. The van der Waals surface area contributed by atoms with E-state index in [9.17, 15) is 5.11 Å². The van der Waals surface area contributed by atoms with Crippen molar-refractivity contribution >= 4 is 5.69 Å². The molecule has 0 radical (unpaired) electrons. The Balaban J connectivity index is 3.08. The van der Waals surface area contributed by atoms with Crippen molar-refractivity contribution in [2.45, 2.75) is 6.54 Å². The molecule has 66 valence electrons. The number of hydrogen-bond acceptors (Lipinski definition) is 3. The summed E-state index contributed by atoms with van der Waals surface area (Å²) in [6, 6.07) is 5.37. The van der Waals surface area contributed by atoms with Crippen LogP contribution in [0.3, 0.4) is 0 Å². The standard InChI is InChI=1S/C9H14N2O/c1-11(2)8-5-7(6-10)3-4-9(8)12/h3-5,12H,6,10H2,1-2H3. The predicted molar refractivity (Wildman–Crippen MR) is 50.3 cm³/mol. The first-order valence-corrected chi connectivity index (χ1v) is 3.84. The van der Waals surface area contributed by atoms with Crippen LogP contribution in [0.15, 0.2) is 18.2 Å². The van der Waals surface area contributed by atoms with Crippen molar-refractivity contribution in [2.24, 2.45) is 5.73 Å². The molecule has 0 saturated carbocycles. The van der Waals surface area contributed by atoms with Crippen molar-refractivity contribution in [3.05, 3.63) is 23.8 Å². The van der Waals surface area contributed by atoms with Crippen LogP contribution in [0.4, 0.5) is 5.69 Å². The zero-order chi connectivity index (χ0) is 9.14. The quantitative estimate of drug-likeness (QED) is 0.686. The van der Waals surface area contributed by atoms with Gasteiger partial charge in [-0.3, -0.25) is 0 Å². The van der Waals surface area contributed by atoms with Crippen LogP contribution in [0.1, 0.15) is 5.56 Å². The average Bonchev–Trinajstić information content (AvgIpc) is 2.05. The molecule has 3 nitrogen and oxygen atoms in total. The normalized spacial score (nSPS) is 9.92. The molecule has 0 spiro atoms. The molecule has 1 aromatic rings. The molecule has 0 heterocycles. The van der Waals surface area contributed by atoms with E-state index < -0.39 is 0 Å². The maximum absolute atomic E-state index is 9.42. The highest BCUT2D eigenvalue weighted by molar-refractivity contribution is 5.58. The lowest BCUT2D eigenvalue weighted by Gasteiger charge is -2.14. The van der Waals surface area contributed by atoms with Crippen LogP contribution in [0, 0.1) is 0 Å². The number of phenols is 1. The van der Waals surface area contributed by atoms with E-state index in [0.29, 0.717) is 6.54 Å². The Morgan fingerprint density at radius 2 is 2.08 bits per heavy atom. The topological polar surface area (TPSA) is 49.5 Å². The van der Waals surface area contributed by atoms with Crippen LogP contribution in [-0.2, 0) is 6.54 Å². The summed E-state index contributed by atoms with van der Waals surface area (Å²) in [4.78, 5) is 1.86. The molecule has 3 N–H and O–H groups in total. The van der Waals surface area contributed by atoms with Gasteiger partial charge >= 0.3 is 0 Å². The third kappa shape index (κ3) is 1.68. The molecule has 1 rings (SSSR count). The number of nitrogens with zero attached hydrogens (tertiary/aromatic N) is 1. The van der Waals surface area contributed by atoms with Gasteiger partial charge in [-0.1, -0.05) is 6.07 Å². The molecule has 0 aliphatic rings. The maximum Gasteiger partial charge on any atom is 0.138 e. The smallest absolute Gasteiger partial charge is 0.138 e. The highest BCUT2D eigenvalue weighted by atomic mass is 16.3. The second-order valence-electron chi connectivity index (χ2n) is 2.92. The monoisotopic (exact) mass is 166 g/mol. The lowest BCUT2D eigenvalue weighted by molar-refractivity contribution is 0.475. The minimum Gasteiger partial charge on any atom is -0.506 e. The summed E-state index contributed by atoms with van der Waals surface area (Å²) in [7, 11) is 3.77. The maximum atomic E-state index is 9.42. The SMILES string of the molecule is CN(C)c1cc(CN)ccc1O. The highest BCUT2D eigenvalue weighted by Gasteiger charge is 2.02. The molecular formula is C9H14N2O. The fraction of sp³-hybridized carbons (Fsp3) is 0.333. The Bertz CT molecular complexity index is 271. The minimum absolute atomic E-state index is 0.289. The van der Waals surface area contributed by atoms with E-state index in [1.807, 2.05) is 31.1 Å². The number of anilines is 1. The summed E-state index contributed by atoms with van der Waals surface area (Å²) in [5.41, 5.74) is 7.30. The van der Waals surface area contributed by atoms with Gasteiger partial charge in [0.2, 0.25) is 0 Å². The summed E-state index contributed by atoms with van der Waals surface area (Å²) in [5, 5.41) is 9.42. The predicted octanol–water partition coefficient (Wildman–Crippen LogP) is 0.917. The molecule has 0 aromatic heterocycles. The van der Waals surface area contributed by atoms with E-state index in [1.165, 1.54) is 0 Å². The van der Waals surface area contributed by atoms with Gasteiger partial charge in [-0.25, -0.2) is 0 Å². The van der Waals surface area contributed by atoms with E-state index in [2.05, 4.69) is 0 Å². The van der Waals surface area contributed by atoms with Crippen LogP contribution in [0.25, 0.3) is 0 Å². The summed E-state index contributed by atoms with van der Waals surface area (Å²) in [6.45, 7) is 0.501. The molecule has 0 aliphatic carbocycles. The molecule has 0 aliphatic heterocycles. The number of hydrogen-bond donors (Lipinski definition) is 2. The Kier molecular flexibility index (Phi) is 2.55. The van der Waals surface area contributed by atoms with Gasteiger partial charge in [-0.2, -0.15) is 0 Å². The van der Waals surface area contributed by atoms with E-state index in [0.717, 1.165) is 11.3 Å². The van der Waals surface area contributed by atoms with Crippen molar-refractivity contribution in [1.82, 2.24) is 0 Å². The number of phenolic OH excluding ortho intramolecular Hbond substituents is 1. The number of aromatic hydroxyl groups is 1. The highest BCUT2D eigenvalue weighted by Crippen LogP contribution is 2.25. The fourth-order valence-electron chi connectivity index (χ4n) is 1.05. The fourth-order valence-corrected chi connectivity index (χ4v) is 1.05. The molecule has 0 bridgehead atoms. The van der Waals surface area contributed by atoms with Gasteiger partial charge in [0.25, 0.3) is 0 Å². The van der Waals surface area contributed by atoms with E-state index in [4.69, 9.17) is 5.73 Å². The van der Waals surface area contributed by atoms with Crippen LogP contribution < -0.4 is 10.6 Å². The second kappa shape index (κ2) is 3.45. The molecule has 1 aromatic carbocycles. The zero-order valence-corrected chi connectivity index (χ0v) is 7.41. The van der Waals surface area contributed by atoms with Crippen LogP contribution >= 0.6 is 0 Å². The first-order valence-electron chi connectivity index (χ1n) is 3.84. The third-order valence-electron chi connectivity index (χ3n) is 1.76. The van der Waals surface area contributed by atoms with E-state index in [1.54, 1.807) is 6.07 Å². The molecule has 0 fully saturated rings. The first kappa shape index (κ1) is 8.87. The van der Waals surface area contributed by atoms with Crippen molar-refractivity contribution in [1.29, 1.82) is 0 Å². The molecule has 0 unspecified atom stereocenters. The van der Waals surface area contributed by atoms with Crippen molar-refractivity contribution in [3.63, 3.8) is 0 Å². The van der Waals surface area contributed by atoms with Gasteiger partial charge in [0.1, 0.15) is 5.75 Å². The Hall–Kier alpha value is -1.22. The zero-order valence-electron chi connectivity index (χ0n) is 7.41. The lowest BCUT2D eigenvalue weighted by atomic mass is 10.2. The lowest BCUT2D eigenvalue weighted by Crippen LogP contribution is -2.09. The minimum atomic E-state index is 0.289. The van der Waals surface area contributed by atoms with Gasteiger partial charge in [0.15, 0.2) is 0 Å². The number of nitrogens with two attached hydrogens (primary N) is 1. The van der Waals surface area contributed by atoms with E-state index in [-0.39, 0.29) is 5.75 Å². The molecular weight excluding hydrogens is 152 g/mol. The van der Waals surface area contributed by atoms with Crippen molar-refractivity contribution in [2.75, 3.05) is 19.0 Å². The Morgan fingerprint density at radius 3 is 2.58 bits per heavy atom. The third-order valence-corrected chi connectivity index (χ3v) is 1.76. The van der Waals surface area contributed by atoms with Gasteiger partial charge in [0.05, 0.1) is 5.69 Å². The Morgan fingerprint density at radius 1 is 1.42 bits per heavy atom. The largest absolute Gasteiger partial charge is 0.506 e. The molecule has 3 heteroatoms. The number of rotatable bonds is 2. The first-order chi connectivity index (χ1) is 5.65. The second-order valence-corrected chi connectivity index (χ2v) is 2.92. The van der Waals surface area contributed by atoms with E-state index >= 15 is 0 Å². The average molecular weight is 166 g/mol. The summed E-state index contributed by atoms with van der Waals surface area (Å²) >= 11 is 0. The molecule has 12 heavy (non-hydrogen) atoms. The Labute approximate surface area is 72.4 Å². The summed E-state index contributed by atoms with van der Waals surface area (Å²) in [6.07, 6.45) is 0. The van der Waals surface area contributed by atoms with Crippen molar-refractivity contribution < 1.29 is 5.11 Å². The van der Waals surface area contributed by atoms with Crippen LogP contribution in [-0.4, -0.2) is 19.2 Å². The summed E-state index contributed by atoms with van der Waals surface area (Å²) < 4.78 is 0. The molecule has 0 saturated heterocycles. The van der Waals surface area contributed by atoms with Gasteiger partial charge < -0.3 is 15.7 Å². The van der Waals surface area contributed by atoms with Crippen LogP contribution in [0.5, 0.6) is 5.75 Å². The molecule has 0 amide bonds. The van der Waals surface area contributed by atoms with Gasteiger partial charge in [-0.15, -0.1) is 0 Å². The molecule has 0 atom stereocenters.